The normalized spacial score (nSPS) is 23.9. The molecular formula is C25H32N4O5S. The molecule has 1 amide bonds. The van der Waals surface area contributed by atoms with Gasteiger partial charge in [-0.1, -0.05) is 0 Å². The predicted molar refractivity (Wildman–Crippen MR) is 131 cm³/mol. The lowest BCUT2D eigenvalue weighted by molar-refractivity contribution is 0.0207. The first-order valence-electron chi connectivity index (χ1n) is 12.3. The highest BCUT2D eigenvalue weighted by molar-refractivity contribution is 7.92. The van der Waals surface area contributed by atoms with E-state index in [1.807, 2.05) is 25.7 Å². The predicted octanol–water partition coefficient (Wildman–Crippen LogP) is 4.38. The van der Waals surface area contributed by atoms with Gasteiger partial charge in [-0.3, -0.25) is 0 Å². The Bertz CT molecular complexity index is 1180. The van der Waals surface area contributed by atoms with Crippen molar-refractivity contribution < 1.29 is 22.7 Å². The minimum Gasteiger partial charge on any atom is -0.474 e. The van der Waals surface area contributed by atoms with E-state index in [1.54, 1.807) is 24.3 Å². The fourth-order valence-corrected chi connectivity index (χ4v) is 6.71. The topological polar surface area (TPSA) is 111 Å². The molecule has 0 radical (unpaired) electrons. The van der Waals surface area contributed by atoms with Crippen molar-refractivity contribution >= 4 is 27.4 Å². The van der Waals surface area contributed by atoms with Crippen LogP contribution < -0.4 is 10.1 Å². The van der Waals surface area contributed by atoms with E-state index in [9.17, 15) is 13.2 Å². The maximum Gasteiger partial charge on any atom is 0.410 e. The van der Waals surface area contributed by atoms with Crippen molar-refractivity contribution in [2.45, 2.75) is 93.7 Å². The first kappa shape index (κ1) is 23.8. The maximum atomic E-state index is 12.5. The van der Waals surface area contributed by atoms with E-state index in [2.05, 4.69) is 15.3 Å². The molecule has 3 heterocycles. The van der Waals surface area contributed by atoms with Gasteiger partial charge in [0.25, 0.3) is 0 Å². The quantitative estimate of drug-likeness (QED) is 0.596. The lowest BCUT2D eigenvalue weighted by atomic mass is 10.0. The summed E-state index contributed by atoms with van der Waals surface area (Å²) in [6, 6.07) is 7.02. The van der Waals surface area contributed by atoms with Gasteiger partial charge in [-0.2, -0.15) is 0 Å². The Balaban J connectivity index is 1.24. The van der Waals surface area contributed by atoms with Crippen molar-refractivity contribution in [2.24, 2.45) is 0 Å². The molecular weight excluding hydrogens is 468 g/mol. The van der Waals surface area contributed by atoms with E-state index in [1.165, 1.54) is 6.33 Å². The largest absolute Gasteiger partial charge is 0.474 e. The molecule has 2 aromatic rings. The smallest absolute Gasteiger partial charge is 0.410 e. The summed E-state index contributed by atoms with van der Waals surface area (Å²) in [5.74, 6) is 1.12. The third-order valence-corrected chi connectivity index (χ3v) is 9.24. The molecule has 3 fully saturated rings. The Kier molecular flexibility index (Phi) is 6.33. The molecule has 2 aliphatic heterocycles. The first-order valence-corrected chi connectivity index (χ1v) is 13.8. The lowest BCUT2D eigenvalue weighted by Crippen LogP contribution is -2.50. The Labute approximate surface area is 206 Å². The molecule has 10 heteroatoms. The molecule has 0 spiro atoms. The molecule has 1 aliphatic carbocycles. The average Bonchev–Trinajstić information content (AvgIpc) is 3.62. The molecule has 1 saturated carbocycles. The maximum absolute atomic E-state index is 12.5. The number of anilines is 2. The summed E-state index contributed by atoms with van der Waals surface area (Å²) < 4.78 is 36.6. The van der Waals surface area contributed by atoms with Gasteiger partial charge in [-0.15, -0.1) is 0 Å². The number of piperidine rings is 1. The van der Waals surface area contributed by atoms with Gasteiger partial charge in [0.1, 0.15) is 18.2 Å². The molecule has 2 atom stereocenters. The van der Waals surface area contributed by atoms with E-state index >= 15 is 0 Å². The summed E-state index contributed by atoms with van der Waals surface area (Å²) >= 11 is 0. The molecule has 5 rings (SSSR count). The average molecular weight is 501 g/mol. The van der Waals surface area contributed by atoms with Crippen molar-refractivity contribution in [3.05, 3.63) is 36.2 Å². The molecule has 1 N–H and O–H groups in total. The van der Waals surface area contributed by atoms with E-state index in [-0.39, 0.29) is 35.6 Å². The second kappa shape index (κ2) is 9.29. The van der Waals surface area contributed by atoms with Crippen LogP contribution >= 0.6 is 0 Å². The van der Waals surface area contributed by atoms with Gasteiger partial charge in [-0.25, -0.2) is 23.2 Å². The first-order chi connectivity index (χ1) is 16.7. The molecule has 3 aliphatic rings. The number of carbonyl (C=O) groups is 1. The standard InChI is InChI=1S/C25H32N4O5S/c1-15(2)33-25(30)29-18-6-7-19(29)13-20(12-18)34-24-16(3)23(26-14-27-24)28-17-4-8-21(9-5-17)35(31,32)22-10-11-22/h4-5,8-9,14-15,18-20,22H,6-7,10-13H2,1-3H3,(H,26,27,28). The van der Waals surface area contributed by atoms with Crippen LogP contribution in [0, 0.1) is 6.92 Å². The number of amides is 1. The number of sulfone groups is 1. The van der Waals surface area contributed by atoms with Gasteiger partial charge in [0.15, 0.2) is 9.84 Å². The fraction of sp³-hybridized carbons (Fsp3) is 0.560. The summed E-state index contributed by atoms with van der Waals surface area (Å²) in [4.78, 5) is 23.5. The van der Waals surface area contributed by atoms with E-state index in [0.717, 1.165) is 49.8 Å². The van der Waals surface area contributed by atoms with Crippen molar-refractivity contribution in [2.75, 3.05) is 5.32 Å². The van der Waals surface area contributed by atoms with Crippen LogP contribution in [0.15, 0.2) is 35.5 Å². The highest BCUT2D eigenvalue weighted by atomic mass is 32.2. The Morgan fingerprint density at radius 3 is 2.31 bits per heavy atom. The summed E-state index contributed by atoms with van der Waals surface area (Å²) in [7, 11) is -3.21. The van der Waals surface area contributed by atoms with E-state index in [0.29, 0.717) is 16.6 Å². The van der Waals surface area contributed by atoms with Gasteiger partial charge in [0, 0.05) is 30.6 Å². The summed E-state index contributed by atoms with van der Waals surface area (Å²) in [5, 5.41) is 3.02. The number of hydrogen-bond donors (Lipinski definition) is 1. The zero-order valence-corrected chi connectivity index (χ0v) is 21.1. The number of nitrogens with one attached hydrogen (secondary N) is 1. The highest BCUT2D eigenvalue weighted by Crippen LogP contribution is 2.38. The highest BCUT2D eigenvalue weighted by Gasteiger charge is 2.45. The van der Waals surface area contributed by atoms with Crippen LogP contribution in [0.1, 0.15) is 57.9 Å². The van der Waals surface area contributed by atoms with Gasteiger partial charge in [-0.05, 0) is 70.7 Å². The van der Waals surface area contributed by atoms with Crippen LogP contribution in [-0.2, 0) is 14.6 Å². The minimum atomic E-state index is -3.21. The van der Waals surface area contributed by atoms with Crippen LogP contribution in [0.25, 0.3) is 0 Å². The van der Waals surface area contributed by atoms with Crippen LogP contribution in [0.2, 0.25) is 0 Å². The third-order valence-electron chi connectivity index (χ3n) is 6.96. The number of nitrogens with zero attached hydrogens (tertiary/aromatic N) is 3. The Morgan fingerprint density at radius 1 is 1.06 bits per heavy atom. The van der Waals surface area contributed by atoms with Crippen LogP contribution in [0.4, 0.5) is 16.3 Å². The van der Waals surface area contributed by atoms with Gasteiger partial charge >= 0.3 is 6.09 Å². The molecule has 2 bridgehead atoms. The number of benzene rings is 1. The summed E-state index contributed by atoms with van der Waals surface area (Å²) in [6.07, 6.45) is 5.95. The summed E-state index contributed by atoms with van der Waals surface area (Å²) in [5.41, 5.74) is 1.51. The second-order valence-corrected chi connectivity index (χ2v) is 12.2. The molecule has 188 valence electrons. The van der Waals surface area contributed by atoms with Crippen LogP contribution in [0.5, 0.6) is 5.88 Å². The number of hydrogen-bond acceptors (Lipinski definition) is 8. The molecule has 2 unspecified atom stereocenters. The zero-order valence-electron chi connectivity index (χ0n) is 20.3. The second-order valence-electron chi connectivity index (χ2n) is 9.98. The summed E-state index contributed by atoms with van der Waals surface area (Å²) in [6.45, 7) is 5.63. The van der Waals surface area contributed by atoms with Gasteiger partial charge < -0.3 is 19.7 Å². The minimum absolute atomic E-state index is 0.0380. The van der Waals surface area contributed by atoms with Crippen molar-refractivity contribution in [3.8, 4) is 5.88 Å². The monoisotopic (exact) mass is 500 g/mol. The number of aromatic nitrogens is 2. The SMILES string of the molecule is Cc1c(Nc2ccc(S(=O)(=O)C3CC3)cc2)ncnc1OC1CC2CCC(C1)N2C(=O)OC(C)C. The fourth-order valence-electron chi connectivity index (χ4n) is 5.06. The lowest BCUT2D eigenvalue weighted by Gasteiger charge is -2.38. The third kappa shape index (κ3) is 4.94. The number of rotatable bonds is 7. The Morgan fingerprint density at radius 2 is 1.71 bits per heavy atom. The molecule has 1 aromatic heterocycles. The molecule has 35 heavy (non-hydrogen) atoms. The van der Waals surface area contributed by atoms with E-state index in [4.69, 9.17) is 9.47 Å². The van der Waals surface area contributed by atoms with Gasteiger partial charge in [0.05, 0.1) is 21.8 Å². The van der Waals surface area contributed by atoms with Crippen LogP contribution in [0.3, 0.4) is 0 Å². The zero-order chi connectivity index (χ0) is 24.7. The van der Waals surface area contributed by atoms with Crippen molar-refractivity contribution in [1.82, 2.24) is 14.9 Å². The molecule has 9 nitrogen and oxygen atoms in total. The number of ether oxygens (including phenoxy) is 2. The molecule has 1 aromatic carbocycles. The van der Waals surface area contributed by atoms with Crippen LogP contribution in [-0.4, -0.2) is 58.9 Å². The van der Waals surface area contributed by atoms with Crippen molar-refractivity contribution in [3.63, 3.8) is 0 Å². The Hall–Kier alpha value is -2.88. The van der Waals surface area contributed by atoms with Gasteiger partial charge in [0.2, 0.25) is 5.88 Å². The van der Waals surface area contributed by atoms with Crippen molar-refractivity contribution in [1.29, 1.82) is 0 Å². The number of fused-ring (bicyclic) bond motifs is 2. The molecule has 2 saturated heterocycles. The number of carbonyl (C=O) groups excluding carboxylic acids is 1. The van der Waals surface area contributed by atoms with E-state index < -0.39 is 9.84 Å².